The molecule has 0 unspecified atom stereocenters. The van der Waals surface area contributed by atoms with Crippen molar-refractivity contribution in [3.8, 4) is 0 Å². The predicted molar refractivity (Wildman–Crippen MR) is 104 cm³/mol. The molecule has 2 heterocycles. The monoisotopic (exact) mass is 350 g/mol. The van der Waals surface area contributed by atoms with Gasteiger partial charge >= 0.3 is 0 Å². The third-order valence-corrected chi connectivity index (χ3v) is 5.62. The number of carbonyl (C=O) groups excluding carboxylic acids is 1. The quantitative estimate of drug-likeness (QED) is 0.778. The zero-order valence-electron chi connectivity index (χ0n) is 16.0. The molecule has 136 valence electrons. The molecule has 0 atom stereocenters. The first-order chi connectivity index (χ1) is 11.2. The molecule has 1 aromatic heterocycles. The van der Waals surface area contributed by atoms with E-state index in [1.165, 1.54) is 5.56 Å². The molecule has 1 fully saturated rings. The van der Waals surface area contributed by atoms with E-state index in [4.69, 9.17) is 0 Å². The summed E-state index contributed by atoms with van der Waals surface area (Å²) >= 11 is 1.71. The molecule has 1 saturated heterocycles. The average molecular weight is 351 g/mol. The largest absolute Gasteiger partial charge is 0.340 e. The number of unbranched alkanes of at least 4 members (excludes halogenated alkanes) is 1. The van der Waals surface area contributed by atoms with Gasteiger partial charge in [-0.25, -0.2) is 0 Å². The number of hydrogen-bond donors (Lipinski definition) is 1. The fourth-order valence-electron chi connectivity index (χ4n) is 4.16. The number of thiophene rings is 1. The molecule has 0 saturated carbocycles. The maximum absolute atomic E-state index is 13.0. The molecule has 0 spiro atoms. The van der Waals surface area contributed by atoms with Gasteiger partial charge in [-0.05, 0) is 75.8 Å². The number of aryl methyl sites for hydroxylation is 1. The number of piperidine rings is 1. The van der Waals surface area contributed by atoms with Gasteiger partial charge in [-0.3, -0.25) is 4.79 Å². The zero-order chi connectivity index (χ0) is 17.8. The first kappa shape index (κ1) is 19.5. The van der Waals surface area contributed by atoms with E-state index in [2.05, 4.69) is 61.7 Å². The molecular weight excluding hydrogens is 316 g/mol. The normalized spacial score (nSPS) is 20.0. The summed E-state index contributed by atoms with van der Waals surface area (Å²) in [6.45, 7) is 12.1. The second-order valence-electron chi connectivity index (χ2n) is 8.53. The standard InChI is InChI=1S/C20H34N2OS/c1-6-7-11-22(18(23)9-8-16-10-12-24-15-16)17-13-19(2,3)21-20(4,5)14-17/h10,12,15,17,21H,6-9,11,13-14H2,1-5H3. The van der Waals surface area contributed by atoms with Crippen LogP contribution < -0.4 is 5.32 Å². The lowest BCUT2D eigenvalue weighted by atomic mass is 9.79. The van der Waals surface area contributed by atoms with Crippen LogP contribution in [-0.4, -0.2) is 34.5 Å². The maximum atomic E-state index is 13.0. The van der Waals surface area contributed by atoms with Gasteiger partial charge in [-0.2, -0.15) is 11.3 Å². The summed E-state index contributed by atoms with van der Waals surface area (Å²) < 4.78 is 0. The summed E-state index contributed by atoms with van der Waals surface area (Å²) in [6.07, 6.45) is 5.78. The van der Waals surface area contributed by atoms with Crippen LogP contribution in [0.25, 0.3) is 0 Å². The highest BCUT2D eigenvalue weighted by atomic mass is 32.1. The molecule has 0 aromatic carbocycles. The Hall–Kier alpha value is -0.870. The molecule has 3 nitrogen and oxygen atoms in total. The maximum Gasteiger partial charge on any atom is 0.223 e. The summed E-state index contributed by atoms with van der Waals surface area (Å²) in [4.78, 5) is 15.2. The minimum Gasteiger partial charge on any atom is -0.340 e. The Balaban J connectivity index is 2.06. The van der Waals surface area contributed by atoms with Crippen molar-refractivity contribution < 1.29 is 4.79 Å². The first-order valence-corrected chi connectivity index (χ1v) is 10.3. The van der Waals surface area contributed by atoms with E-state index in [1.54, 1.807) is 11.3 Å². The van der Waals surface area contributed by atoms with E-state index in [1.807, 2.05) is 0 Å². The lowest BCUT2D eigenvalue weighted by Gasteiger charge is -2.49. The van der Waals surface area contributed by atoms with Crippen molar-refractivity contribution in [2.75, 3.05) is 6.54 Å². The number of nitrogens with one attached hydrogen (secondary N) is 1. The minimum atomic E-state index is 0.0739. The summed E-state index contributed by atoms with van der Waals surface area (Å²) in [5.41, 5.74) is 1.43. The van der Waals surface area contributed by atoms with E-state index in [0.29, 0.717) is 18.4 Å². The molecule has 2 rings (SSSR count). The summed E-state index contributed by atoms with van der Waals surface area (Å²) in [7, 11) is 0. The molecule has 0 bridgehead atoms. The van der Waals surface area contributed by atoms with Gasteiger partial charge in [0.05, 0.1) is 0 Å². The molecule has 1 aliphatic rings. The molecule has 1 N–H and O–H groups in total. The smallest absolute Gasteiger partial charge is 0.223 e. The van der Waals surface area contributed by atoms with Crippen molar-refractivity contribution in [2.45, 2.75) is 90.3 Å². The highest BCUT2D eigenvalue weighted by Gasteiger charge is 2.40. The van der Waals surface area contributed by atoms with Crippen LogP contribution in [0, 0.1) is 0 Å². The van der Waals surface area contributed by atoms with Crippen molar-refractivity contribution in [3.63, 3.8) is 0 Å². The molecule has 0 aliphatic carbocycles. The fourth-order valence-corrected chi connectivity index (χ4v) is 4.86. The second-order valence-corrected chi connectivity index (χ2v) is 9.31. The van der Waals surface area contributed by atoms with Crippen LogP contribution in [0.3, 0.4) is 0 Å². The van der Waals surface area contributed by atoms with E-state index in [-0.39, 0.29) is 11.1 Å². The Morgan fingerprint density at radius 2 is 1.96 bits per heavy atom. The highest BCUT2D eigenvalue weighted by molar-refractivity contribution is 7.07. The van der Waals surface area contributed by atoms with Gasteiger partial charge in [0, 0.05) is 30.1 Å². The SMILES string of the molecule is CCCCN(C(=O)CCc1ccsc1)C1CC(C)(C)NC(C)(C)C1. The van der Waals surface area contributed by atoms with E-state index < -0.39 is 0 Å². The molecular formula is C20H34N2OS. The summed E-state index contributed by atoms with van der Waals surface area (Å²) in [5.74, 6) is 0.327. The van der Waals surface area contributed by atoms with Gasteiger partial charge in [-0.1, -0.05) is 13.3 Å². The van der Waals surface area contributed by atoms with Crippen LogP contribution in [0.5, 0.6) is 0 Å². The molecule has 4 heteroatoms. The van der Waals surface area contributed by atoms with Crippen LogP contribution in [0.1, 0.15) is 72.3 Å². The van der Waals surface area contributed by atoms with E-state index in [9.17, 15) is 4.79 Å². The molecule has 1 aromatic rings. The van der Waals surface area contributed by atoms with Crippen LogP contribution in [0.15, 0.2) is 16.8 Å². The Kier molecular flexibility index (Phi) is 6.49. The van der Waals surface area contributed by atoms with Crippen molar-refractivity contribution >= 4 is 17.2 Å². The Labute approximate surface area is 151 Å². The van der Waals surface area contributed by atoms with Crippen molar-refractivity contribution in [1.82, 2.24) is 10.2 Å². The molecule has 24 heavy (non-hydrogen) atoms. The van der Waals surface area contributed by atoms with Crippen LogP contribution in [-0.2, 0) is 11.2 Å². The number of carbonyl (C=O) groups is 1. The molecule has 1 amide bonds. The lowest BCUT2D eigenvalue weighted by molar-refractivity contribution is -0.135. The Morgan fingerprint density at radius 1 is 1.29 bits per heavy atom. The van der Waals surface area contributed by atoms with Gasteiger partial charge in [0.15, 0.2) is 0 Å². The van der Waals surface area contributed by atoms with Gasteiger partial charge in [-0.15, -0.1) is 0 Å². The van der Waals surface area contributed by atoms with Crippen molar-refractivity contribution in [1.29, 1.82) is 0 Å². The van der Waals surface area contributed by atoms with Gasteiger partial charge in [0.25, 0.3) is 0 Å². The zero-order valence-corrected chi connectivity index (χ0v) is 16.8. The highest BCUT2D eigenvalue weighted by Crippen LogP contribution is 2.32. The average Bonchev–Trinajstić information content (AvgIpc) is 2.95. The number of hydrogen-bond acceptors (Lipinski definition) is 3. The predicted octanol–water partition coefficient (Wildman–Crippen LogP) is 4.62. The fraction of sp³-hybridized carbons (Fsp3) is 0.750. The van der Waals surface area contributed by atoms with Crippen molar-refractivity contribution in [3.05, 3.63) is 22.4 Å². The van der Waals surface area contributed by atoms with Crippen molar-refractivity contribution in [2.24, 2.45) is 0 Å². The van der Waals surface area contributed by atoms with Gasteiger partial charge < -0.3 is 10.2 Å². The third-order valence-electron chi connectivity index (χ3n) is 4.89. The van der Waals surface area contributed by atoms with Crippen LogP contribution in [0.4, 0.5) is 0 Å². The topological polar surface area (TPSA) is 32.3 Å². The Morgan fingerprint density at radius 3 is 2.50 bits per heavy atom. The first-order valence-electron chi connectivity index (χ1n) is 9.32. The third kappa shape index (κ3) is 5.59. The number of nitrogens with zero attached hydrogens (tertiary/aromatic N) is 1. The number of amides is 1. The minimum absolute atomic E-state index is 0.0739. The van der Waals surface area contributed by atoms with Gasteiger partial charge in [0.2, 0.25) is 5.91 Å². The molecule has 1 aliphatic heterocycles. The van der Waals surface area contributed by atoms with Gasteiger partial charge in [0.1, 0.15) is 0 Å². The lowest BCUT2D eigenvalue weighted by Crippen LogP contribution is -2.62. The number of rotatable bonds is 7. The van der Waals surface area contributed by atoms with E-state index >= 15 is 0 Å². The molecule has 0 radical (unpaired) electrons. The van der Waals surface area contributed by atoms with Crippen LogP contribution in [0.2, 0.25) is 0 Å². The van der Waals surface area contributed by atoms with E-state index in [0.717, 1.165) is 38.6 Å². The van der Waals surface area contributed by atoms with Crippen LogP contribution >= 0.6 is 11.3 Å². The summed E-state index contributed by atoms with van der Waals surface area (Å²) in [5, 5.41) is 7.97. The summed E-state index contributed by atoms with van der Waals surface area (Å²) in [6, 6.07) is 2.48. The second kappa shape index (κ2) is 8.01. The Bertz CT molecular complexity index is 506.